The number of ether oxygens (including phenoxy) is 3. The number of amides is 1. The standard InChI is InChI=1S/C19H21NO5/c1-13(15-5-4-6-17(11-15)24-3)20-18(21)12-25-19(22)14-7-9-16(23-2)10-8-14/h4-11,13H,12H2,1-3H3,(H,20,21)/t13-/m1/s1. The van der Waals surface area contributed by atoms with E-state index < -0.39 is 5.97 Å². The molecule has 0 saturated heterocycles. The largest absolute Gasteiger partial charge is 0.497 e. The minimum atomic E-state index is -0.563. The van der Waals surface area contributed by atoms with Crippen molar-refractivity contribution in [1.29, 1.82) is 0 Å². The summed E-state index contributed by atoms with van der Waals surface area (Å²) in [5.41, 5.74) is 1.25. The molecule has 132 valence electrons. The smallest absolute Gasteiger partial charge is 0.338 e. The molecule has 6 nitrogen and oxygen atoms in total. The van der Waals surface area contributed by atoms with Crippen LogP contribution < -0.4 is 14.8 Å². The zero-order valence-corrected chi connectivity index (χ0v) is 14.4. The molecule has 0 unspecified atom stereocenters. The molecule has 0 radical (unpaired) electrons. The average Bonchev–Trinajstić information content (AvgIpc) is 2.66. The molecule has 0 bridgehead atoms. The Morgan fingerprint density at radius 3 is 2.32 bits per heavy atom. The van der Waals surface area contributed by atoms with E-state index in [1.807, 2.05) is 31.2 Å². The van der Waals surface area contributed by atoms with Crippen molar-refractivity contribution in [3.63, 3.8) is 0 Å². The van der Waals surface area contributed by atoms with E-state index in [1.165, 1.54) is 0 Å². The normalized spacial score (nSPS) is 11.3. The lowest BCUT2D eigenvalue weighted by Gasteiger charge is -2.15. The van der Waals surface area contributed by atoms with Crippen LogP contribution in [0.15, 0.2) is 48.5 Å². The number of rotatable bonds is 7. The maximum atomic E-state index is 12.0. The Balaban J connectivity index is 1.85. The molecule has 2 aromatic rings. The highest BCUT2D eigenvalue weighted by Crippen LogP contribution is 2.18. The van der Waals surface area contributed by atoms with E-state index in [0.717, 1.165) is 5.56 Å². The number of esters is 1. The van der Waals surface area contributed by atoms with Gasteiger partial charge in [-0.15, -0.1) is 0 Å². The molecule has 0 saturated carbocycles. The fourth-order valence-electron chi connectivity index (χ4n) is 2.22. The van der Waals surface area contributed by atoms with Crippen LogP contribution in [-0.4, -0.2) is 32.7 Å². The van der Waals surface area contributed by atoms with Crippen molar-refractivity contribution in [2.75, 3.05) is 20.8 Å². The minimum Gasteiger partial charge on any atom is -0.497 e. The van der Waals surface area contributed by atoms with E-state index >= 15 is 0 Å². The van der Waals surface area contributed by atoms with Gasteiger partial charge in [0.15, 0.2) is 6.61 Å². The molecule has 25 heavy (non-hydrogen) atoms. The van der Waals surface area contributed by atoms with Gasteiger partial charge in [0.25, 0.3) is 5.91 Å². The van der Waals surface area contributed by atoms with Crippen molar-refractivity contribution in [1.82, 2.24) is 5.32 Å². The minimum absolute atomic E-state index is 0.234. The first-order valence-electron chi connectivity index (χ1n) is 7.78. The van der Waals surface area contributed by atoms with Crippen molar-refractivity contribution in [2.24, 2.45) is 0 Å². The molecule has 1 N–H and O–H groups in total. The summed E-state index contributed by atoms with van der Waals surface area (Å²) in [5, 5.41) is 2.78. The molecule has 0 fully saturated rings. The predicted molar refractivity (Wildman–Crippen MR) is 92.8 cm³/mol. The molecule has 0 aliphatic heterocycles. The Morgan fingerprint density at radius 1 is 1.00 bits per heavy atom. The summed E-state index contributed by atoms with van der Waals surface area (Å²) in [6.07, 6.45) is 0. The molecule has 6 heteroatoms. The van der Waals surface area contributed by atoms with E-state index in [0.29, 0.717) is 17.1 Å². The van der Waals surface area contributed by atoms with Gasteiger partial charge in [0, 0.05) is 0 Å². The van der Waals surface area contributed by atoms with Gasteiger partial charge in [0.05, 0.1) is 25.8 Å². The summed E-state index contributed by atoms with van der Waals surface area (Å²) in [6.45, 7) is 1.50. The van der Waals surface area contributed by atoms with Crippen LogP contribution in [0.2, 0.25) is 0 Å². The van der Waals surface area contributed by atoms with E-state index in [-0.39, 0.29) is 18.6 Å². The topological polar surface area (TPSA) is 73.9 Å². The highest BCUT2D eigenvalue weighted by molar-refractivity contribution is 5.91. The molecule has 2 aromatic carbocycles. The van der Waals surface area contributed by atoms with Crippen LogP contribution in [0.4, 0.5) is 0 Å². The van der Waals surface area contributed by atoms with Crippen molar-refractivity contribution in [3.8, 4) is 11.5 Å². The summed E-state index contributed by atoms with van der Waals surface area (Å²) in [7, 11) is 3.13. The van der Waals surface area contributed by atoms with Crippen LogP contribution in [0.3, 0.4) is 0 Å². The van der Waals surface area contributed by atoms with E-state index in [2.05, 4.69) is 5.32 Å². The quantitative estimate of drug-likeness (QED) is 0.783. The van der Waals surface area contributed by atoms with Gasteiger partial charge in [-0.25, -0.2) is 4.79 Å². The molecule has 2 rings (SSSR count). The maximum absolute atomic E-state index is 12.0. The van der Waals surface area contributed by atoms with Gasteiger partial charge in [-0.05, 0) is 48.9 Å². The van der Waals surface area contributed by atoms with E-state index in [4.69, 9.17) is 14.2 Å². The van der Waals surface area contributed by atoms with Gasteiger partial charge in [0.1, 0.15) is 11.5 Å². The molecule has 0 spiro atoms. The number of carbonyl (C=O) groups is 2. The van der Waals surface area contributed by atoms with Crippen LogP contribution in [-0.2, 0) is 9.53 Å². The molecule has 1 amide bonds. The second-order valence-corrected chi connectivity index (χ2v) is 5.37. The Labute approximate surface area is 146 Å². The van der Waals surface area contributed by atoms with Crippen LogP contribution >= 0.6 is 0 Å². The third-order valence-electron chi connectivity index (χ3n) is 3.63. The molecular weight excluding hydrogens is 322 g/mol. The van der Waals surface area contributed by atoms with Crippen LogP contribution in [0.1, 0.15) is 28.9 Å². The molecule has 0 heterocycles. The SMILES string of the molecule is COc1ccc(C(=O)OCC(=O)N[C@H](C)c2cccc(OC)c2)cc1. The Bertz CT molecular complexity index is 727. The van der Waals surface area contributed by atoms with Gasteiger partial charge in [-0.3, -0.25) is 4.79 Å². The number of carbonyl (C=O) groups excluding carboxylic acids is 2. The molecule has 0 aromatic heterocycles. The number of hydrogen-bond acceptors (Lipinski definition) is 5. The first kappa shape index (κ1) is 18.3. The number of methoxy groups -OCH3 is 2. The number of benzene rings is 2. The lowest BCUT2D eigenvalue weighted by atomic mass is 10.1. The van der Waals surface area contributed by atoms with Crippen molar-refractivity contribution in [3.05, 3.63) is 59.7 Å². The van der Waals surface area contributed by atoms with Gasteiger partial charge in [0.2, 0.25) is 0 Å². The maximum Gasteiger partial charge on any atom is 0.338 e. The summed E-state index contributed by atoms with van der Waals surface area (Å²) in [4.78, 5) is 23.9. The van der Waals surface area contributed by atoms with Gasteiger partial charge in [-0.2, -0.15) is 0 Å². The number of nitrogens with one attached hydrogen (secondary N) is 1. The fraction of sp³-hybridized carbons (Fsp3) is 0.263. The third kappa shape index (κ3) is 5.24. The van der Waals surface area contributed by atoms with Crippen molar-refractivity contribution >= 4 is 11.9 Å². The highest BCUT2D eigenvalue weighted by Gasteiger charge is 2.13. The van der Waals surface area contributed by atoms with Gasteiger partial charge >= 0.3 is 5.97 Å². The van der Waals surface area contributed by atoms with E-state index in [1.54, 1.807) is 38.5 Å². The van der Waals surface area contributed by atoms with Crippen molar-refractivity contribution in [2.45, 2.75) is 13.0 Å². The Hall–Kier alpha value is -3.02. The summed E-state index contributed by atoms with van der Waals surface area (Å²) in [5.74, 6) is 0.412. The first-order chi connectivity index (χ1) is 12.0. The molecule has 1 atom stereocenters. The molecular formula is C19H21NO5. The summed E-state index contributed by atoms with van der Waals surface area (Å²) in [6, 6.07) is 13.6. The van der Waals surface area contributed by atoms with Gasteiger partial charge in [-0.1, -0.05) is 12.1 Å². The second-order valence-electron chi connectivity index (χ2n) is 5.37. The Kier molecular flexibility index (Phi) is 6.39. The van der Waals surface area contributed by atoms with Crippen LogP contribution in [0.5, 0.6) is 11.5 Å². The van der Waals surface area contributed by atoms with Crippen LogP contribution in [0, 0.1) is 0 Å². The molecule has 0 aliphatic rings. The molecule has 0 aliphatic carbocycles. The predicted octanol–water partition coefficient (Wildman–Crippen LogP) is 2.74. The zero-order chi connectivity index (χ0) is 18.2. The second kappa shape index (κ2) is 8.73. The van der Waals surface area contributed by atoms with E-state index in [9.17, 15) is 9.59 Å². The lowest BCUT2D eigenvalue weighted by molar-refractivity contribution is -0.124. The summed E-state index contributed by atoms with van der Waals surface area (Å²) < 4.78 is 15.2. The zero-order valence-electron chi connectivity index (χ0n) is 14.4. The average molecular weight is 343 g/mol. The first-order valence-corrected chi connectivity index (χ1v) is 7.78. The van der Waals surface area contributed by atoms with Gasteiger partial charge < -0.3 is 19.5 Å². The lowest BCUT2D eigenvalue weighted by Crippen LogP contribution is -2.31. The van der Waals surface area contributed by atoms with Crippen LogP contribution in [0.25, 0.3) is 0 Å². The number of hydrogen-bond donors (Lipinski definition) is 1. The fourth-order valence-corrected chi connectivity index (χ4v) is 2.22. The van der Waals surface area contributed by atoms with Crippen molar-refractivity contribution < 1.29 is 23.8 Å². The third-order valence-corrected chi connectivity index (χ3v) is 3.63. The summed E-state index contributed by atoms with van der Waals surface area (Å²) >= 11 is 0. The monoisotopic (exact) mass is 343 g/mol. The highest BCUT2D eigenvalue weighted by atomic mass is 16.5. The Morgan fingerprint density at radius 2 is 1.68 bits per heavy atom.